The normalized spacial score (nSPS) is 26.6. The van der Waals surface area contributed by atoms with Crippen LogP contribution in [0, 0.1) is 5.92 Å². The van der Waals surface area contributed by atoms with Gasteiger partial charge in [-0.05, 0) is 60.4 Å². The summed E-state index contributed by atoms with van der Waals surface area (Å²) in [6.45, 7) is 0. The summed E-state index contributed by atoms with van der Waals surface area (Å²) in [5.41, 5.74) is 16.2. The van der Waals surface area contributed by atoms with E-state index in [0.29, 0.717) is 35.9 Å². The number of carbonyl (C=O) groups excluding carboxylic acids is 1. The second-order valence-electron chi connectivity index (χ2n) is 10.6. The molecule has 4 aromatic rings. The SMILES string of the molecule is NC(=O)c1nnc2ccc3c(n12)NC(c1ccccc1)C(c1ccc([C@]2(N)C[C@@](O)(C4CC4)C2)cc1)=N3. The molecule has 37 heavy (non-hydrogen) atoms. The smallest absolute Gasteiger partial charge is 0.287 e. The number of rotatable bonds is 5. The molecule has 2 fully saturated rings. The number of aromatic nitrogens is 3. The van der Waals surface area contributed by atoms with Crippen molar-refractivity contribution in [2.45, 2.75) is 42.9 Å². The Labute approximate surface area is 213 Å². The van der Waals surface area contributed by atoms with E-state index in [1.54, 1.807) is 10.5 Å². The molecule has 9 heteroatoms. The maximum atomic E-state index is 12.0. The lowest BCUT2D eigenvalue weighted by atomic mass is 9.60. The van der Waals surface area contributed by atoms with Crippen molar-refractivity contribution in [3.8, 4) is 0 Å². The van der Waals surface area contributed by atoms with Gasteiger partial charge in [0.25, 0.3) is 5.91 Å². The van der Waals surface area contributed by atoms with Gasteiger partial charge >= 0.3 is 0 Å². The summed E-state index contributed by atoms with van der Waals surface area (Å²) in [5, 5.41) is 22.5. The van der Waals surface area contributed by atoms with Crippen molar-refractivity contribution in [2.24, 2.45) is 22.4 Å². The zero-order valence-corrected chi connectivity index (χ0v) is 20.1. The molecule has 0 spiro atoms. The highest BCUT2D eigenvalue weighted by atomic mass is 16.3. The van der Waals surface area contributed by atoms with Gasteiger partial charge in [0, 0.05) is 5.54 Å². The molecule has 186 valence electrons. The highest BCUT2D eigenvalue weighted by Gasteiger charge is 2.58. The van der Waals surface area contributed by atoms with Gasteiger partial charge in [0.15, 0.2) is 5.65 Å². The molecule has 2 aromatic carbocycles. The van der Waals surface area contributed by atoms with Crippen LogP contribution in [0.15, 0.2) is 71.7 Å². The van der Waals surface area contributed by atoms with E-state index in [4.69, 9.17) is 16.5 Å². The van der Waals surface area contributed by atoms with Gasteiger partial charge in [0.05, 0.1) is 17.4 Å². The second-order valence-corrected chi connectivity index (χ2v) is 10.6. The Bertz CT molecular complexity index is 1570. The van der Waals surface area contributed by atoms with Crippen molar-refractivity contribution < 1.29 is 9.90 Å². The first-order valence-electron chi connectivity index (χ1n) is 12.5. The van der Waals surface area contributed by atoms with Crippen LogP contribution in [-0.4, -0.2) is 36.9 Å². The van der Waals surface area contributed by atoms with Crippen molar-refractivity contribution in [2.75, 3.05) is 5.32 Å². The van der Waals surface area contributed by atoms with Crippen LogP contribution in [0.5, 0.6) is 0 Å². The Balaban J connectivity index is 1.30. The minimum atomic E-state index is -0.662. The number of pyridine rings is 1. The Morgan fingerprint density at radius 3 is 2.41 bits per heavy atom. The quantitative estimate of drug-likeness (QED) is 0.336. The average Bonchev–Trinajstić information content (AvgIpc) is 3.66. The highest BCUT2D eigenvalue weighted by Crippen LogP contribution is 2.57. The zero-order valence-electron chi connectivity index (χ0n) is 20.1. The van der Waals surface area contributed by atoms with E-state index in [1.807, 2.05) is 48.5 Å². The number of nitrogens with two attached hydrogens (primary N) is 2. The van der Waals surface area contributed by atoms with E-state index in [1.165, 1.54) is 0 Å². The summed E-state index contributed by atoms with van der Waals surface area (Å²) in [6.07, 6.45) is 3.40. The molecule has 1 aliphatic heterocycles. The van der Waals surface area contributed by atoms with Gasteiger partial charge < -0.3 is 21.9 Å². The molecule has 1 atom stereocenters. The summed E-state index contributed by atoms with van der Waals surface area (Å²) in [6, 6.07) is 21.5. The molecule has 6 N–H and O–H groups in total. The number of anilines is 1. The van der Waals surface area contributed by atoms with E-state index < -0.39 is 17.0 Å². The standard InChI is InChI=1S/C28H27N7O2/c29-24(36)26-34-33-21-13-12-20-25(35(21)26)32-23(16-4-2-1-3-5-16)22(31-20)17-6-8-18(9-7-17)27(30)14-28(37,15-27)19-10-11-19/h1-9,12-13,19,23,32,37H,10-11,14-15,30H2,(H2,29,36)/t23?,27-,28-. The lowest BCUT2D eigenvalue weighted by molar-refractivity contribution is -0.106. The number of carbonyl (C=O) groups is 1. The number of hydrogen-bond donors (Lipinski definition) is 4. The number of amides is 1. The fourth-order valence-corrected chi connectivity index (χ4v) is 6.00. The average molecular weight is 494 g/mol. The lowest BCUT2D eigenvalue weighted by Crippen LogP contribution is -2.60. The molecule has 3 aliphatic rings. The molecule has 2 aromatic heterocycles. The Kier molecular flexibility index (Phi) is 4.61. The maximum Gasteiger partial charge on any atom is 0.287 e. The molecule has 0 radical (unpaired) electrons. The Hall–Kier alpha value is -4.08. The maximum absolute atomic E-state index is 12.0. The predicted molar refractivity (Wildman–Crippen MR) is 140 cm³/mol. The van der Waals surface area contributed by atoms with E-state index >= 15 is 0 Å². The van der Waals surface area contributed by atoms with Gasteiger partial charge in [-0.3, -0.25) is 9.20 Å². The van der Waals surface area contributed by atoms with Crippen LogP contribution >= 0.6 is 0 Å². The molecule has 1 amide bonds. The highest BCUT2D eigenvalue weighted by molar-refractivity contribution is 6.10. The van der Waals surface area contributed by atoms with Gasteiger partial charge in [-0.1, -0.05) is 54.6 Å². The summed E-state index contributed by atoms with van der Waals surface area (Å²) in [4.78, 5) is 17.1. The molecule has 2 aliphatic carbocycles. The number of fused-ring (bicyclic) bond motifs is 3. The molecule has 2 saturated carbocycles. The third-order valence-corrected chi connectivity index (χ3v) is 8.03. The van der Waals surface area contributed by atoms with Gasteiger partial charge in [0.2, 0.25) is 5.82 Å². The molecule has 1 unspecified atom stereocenters. The van der Waals surface area contributed by atoms with Crippen LogP contribution in [0.3, 0.4) is 0 Å². The summed E-state index contributed by atoms with van der Waals surface area (Å²) in [7, 11) is 0. The number of nitrogens with zero attached hydrogens (tertiary/aromatic N) is 4. The van der Waals surface area contributed by atoms with Gasteiger partial charge in [-0.2, -0.15) is 0 Å². The minimum absolute atomic E-state index is 0.0501. The molecule has 3 heterocycles. The number of nitrogens with one attached hydrogen (secondary N) is 1. The van der Waals surface area contributed by atoms with Gasteiger partial charge in [-0.25, -0.2) is 4.99 Å². The largest absolute Gasteiger partial charge is 0.389 e. The topological polar surface area (TPSA) is 144 Å². The number of benzene rings is 2. The zero-order chi connectivity index (χ0) is 25.4. The molecular formula is C28H27N7O2. The fraction of sp³-hybridized carbons (Fsp3) is 0.286. The molecule has 0 saturated heterocycles. The third-order valence-electron chi connectivity index (χ3n) is 8.03. The molecular weight excluding hydrogens is 466 g/mol. The van der Waals surface area contributed by atoms with E-state index in [2.05, 4.69) is 27.6 Å². The van der Waals surface area contributed by atoms with Crippen LogP contribution in [0.1, 0.15) is 59.0 Å². The van der Waals surface area contributed by atoms with E-state index in [0.717, 1.165) is 35.2 Å². The first-order valence-corrected chi connectivity index (χ1v) is 12.5. The lowest BCUT2D eigenvalue weighted by Gasteiger charge is -2.52. The van der Waals surface area contributed by atoms with Gasteiger partial charge in [0.1, 0.15) is 11.5 Å². The van der Waals surface area contributed by atoms with E-state index in [9.17, 15) is 9.90 Å². The first kappa shape index (κ1) is 22.1. The van der Waals surface area contributed by atoms with Crippen LogP contribution in [0.4, 0.5) is 11.5 Å². The Morgan fingerprint density at radius 2 is 1.73 bits per heavy atom. The minimum Gasteiger partial charge on any atom is -0.389 e. The van der Waals surface area contributed by atoms with Crippen molar-refractivity contribution in [3.63, 3.8) is 0 Å². The summed E-state index contributed by atoms with van der Waals surface area (Å²) >= 11 is 0. The molecule has 7 rings (SSSR count). The number of hydrogen-bond acceptors (Lipinski definition) is 7. The van der Waals surface area contributed by atoms with Crippen LogP contribution in [-0.2, 0) is 5.54 Å². The molecule has 0 bridgehead atoms. The van der Waals surface area contributed by atoms with Crippen LogP contribution in [0.25, 0.3) is 5.65 Å². The monoisotopic (exact) mass is 493 g/mol. The summed E-state index contributed by atoms with van der Waals surface area (Å²) in [5.74, 6) is 0.406. The number of primary amides is 1. The van der Waals surface area contributed by atoms with Crippen molar-refractivity contribution in [1.29, 1.82) is 0 Å². The van der Waals surface area contributed by atoms with Crippen molar-refractivity contribution >= 4 is 28.8 Å². The van der Waals surface area contributed by atoms with Crippen LogP contribution < -0.4 is 16.8 Å². The molecule has 9 nitrogen and oxygen atoms in total. The van der Waals surface area contributed by atoms with Gasteiger partial charge in [-0.15, -0.1) is 10.2 Å². The first-order chi connectivity index (χ1) is 17.8. The Morgan fingerprint density at radius 1 is 1.00 bits per heavy atom. The predicted octanol–water partition coefficient (Wildman–Crippen LogP) is 3.20. The number of aliphatic imine (C=N–C) groups is 1. The van der Waals surface area contributed by atoms with Crippen molar-refractivity contribution in [3.05, 3.63) is 89.2 Å². The van der Waals surface area contributed by atoms with Crippen molar-refractivity contribution in [1.82, 2.24) is 14.6 Å². The number of aliphatic hydroxyl groups is 1. The fourth-order valence-electron chi connectivity index (χ4n) is 6.00. The summed E-state index contributed by atoms with van der Waals surface area (Å²) < 4.78 is 1.62. The van der Waals surface area contributed by atoms with E-state index in [-0.39, 0.29) is 11.9 Å². The van der Waals surface area contributed by atoms with Crippen LogP contribution in [0.2, 0.25) is 0 Å². The third kappa shape index (κ3) is 3.46. The second kappa shape index (κ2) is 7.71.